The minimum atomic E-state index is -0.0510. The molecule has 0 aromatic carbocycles. The van der Waals surface area contributed by atoms with Crippen LogP contribution >= 0.6 is 0 Å². The molecule has 7 heteroatoms. The van der Waals surface area contributed by atoms with Crippen LogP contribution in [0, 0.1) is 0 Å². The van der Waals surface area contributed by atoms with Crippen LogP contribution in [0.4, 0.5) is 0 Å². The lowest BCUT2D eigenvalue weighted by Crippen LogP contribution is -2.35. The predicted molar refractivity (Wildman–Crippen MR) is 72.5 cm³/mol. The SMILES string of the molecule is CNC(=O)CCN(CCC(=O)NC)CCC(=O)NC. The molecule has 0 aliphatic carbocycles. The minimum absolute atomic E-state index is 0.0510. The molecule has 0 rings (SSSR count). The quantitative estimate of drug-likeness (QED) is 0.486. The number of hydrogen-bond acceptors (Lipinski definition) is 4. The topological polar surface area (TPSA) is 90.5 Å². The third-order valence-corrected chi connectivity index (χ3v) is 2.80. The Hall–Kier alpha value is -1.63. The number of nitrogens with zero attached hydrogens (tertiary/aromatic N) is 1. The number of amides is 3. The fourth-order valence-corrected chi connectivity index (χ4v) is 1.49. The fourth-order valence-electron chi connectivity index (χ4n) is 1.49. The Balaban J connectivity index is 4.16. The van der Waals surface area contributed by atoms with Gasteiger partial charge in [-0.2, -0.15) is 0 Å². The van der Waals surface area contributed by atoms with Gasteiger partial charge in [0.15, 0.2) is 0 Å². The van der Waals surface area contributed by atoms with E-state index in [4.69, 9.17) is 0 Å². The van der Waals surface area contributed by atoms with Gasteiger partial charge in [-0.05, 0) is 0 Å². The number of nitrogens with one attached hydrogen (secondary N) is 3. The highest BCUT2D eigenvalue weighted by Crippen LogP contribution is 1.97. The van der Waals surface area contributed by atoms with E-state index in [-0.39, 0.29) is 17.7 Å². The molecule has 19 heavy (non-hydrogen) atoms. The highest BCUT2D eigenvalue weighted by molar-refractivity contribution is 5.77. The Morgan fingerprint density at radius 2 is 0.947 bits per heavy atom. The third kappa shape index (κ3) is 9.01. The first-order valence-electron chi connectivity index (χ1n) is 6.37. The van der Waals surface area contributed by atoms with Gasteiger partial charge in [-0.25, -0.2) is 0 Å². The second-order valence-electron chi connectivity index (χ2n) is 4.11. The monoisotopic (exact) mass is 272 g/mol. The summed E-state index contributed by atoms with van der Waals surface area (Å²) in [6, 6.07) is 0. The Bertz CT molecular complexity index is 260. The molecule has 0 aliphatic heterocycles. The van der Waals surface area contributed by atoms with Crippen molar-refractivity contribution in [3.05, 3.63) is 0 Å². The summed E-state index contributed by atoms with van der Waals surface area (Å²) >= 11 is 0. The van der Waals surface area contributed by atoms with E-state index >= 15 is 0 Å². The Morgan fingerprint density at radius 3 is 1.16 bits per heavy atom. The van der Waals surface area contributed by atoms with Gasteiger partial charge in [0.05, 0.1) is 0 Å². The summed E-state index contributed by atoms with van der Waals surface area (Å²) < 4.78 is 0. The van der Waals surface area contributed by atoms with Gasteiger partial charge in [-0.15, -0.1) is 0 Å². The van der Waals surface area contributed by atoms with Crippen molar-refractivity contribution in [1.29, 1.82) is 0 Å². The number of carbonyl (C=O) groups is 3. The molecule has 0 spiro atoms. The van der Waals surface area contributed by atoms with E-state index in [1.54, 1.807) is 21.1 Å². The summed E-state index contributed by atoms with van der Waals surface area (Å²) in [4.78, 5) is 35.6. The van der Waals surface area contributed by atoms with Crippen molar-refractivity contribution in [2.24, 2.45) is 0 Å². The minimum Gasteiger partial charge on any atom is -0.359 e. The largest absolute Gasteiger partial charge is 0.359 e. The molecule has 0 unspecified atom stereocenters. The van der Waals surface area contributed by atoms with Crippen LogP contribution in [0.2, 0.25) is 0 Å². The molecule has 110 valence electrons. The average Bonchev–Trinajstić information content (AvgIpc) is 2.44. The zero-order valence-electron chi connectivity index (χ0n) is 11.9. The van der Waals surface area contributed by atoms with E-state index in [0.29, 0.717) is 38.9 Å². The van der Waals surface area contributed by atoms with Crippen LogP contribution in [0.15, 0.2) is 0 Å². The van der Waals surface area contributed by atoms with Crippen molar-refractivity contribution in [3.8, 4) is 0 Å². The summed E-state index contributed by atoms with van der Waals surface area (Å²) in [6.45, 7) is 1.61. The van der Waals surface area contributed by atoms with E-state index in [1.165, 1.54) is 0 Å². The van der Waals surface area contributed by atoms with E-state index in [2.05, 4.69) is 16.0 Å². The van der Waals surface area contributed by atoms with Crippen LogP contribution in [0.25, 0.3) is 0 Å². The van der Waals surface area contributed by atoms with Gasteiger partial charge in [0.1, 0.15) is 0 Å². The lowest BCUT2D eigenvalue weighted by molar-refractivity contribution is -0.120. The molecule has 0 saturated carbocycles. The molecule has 0 aliphatic rings. The van der Waals surface area contributed by atoms with Crippen LogP contribution in [-0.4, -0.2) is 63.4 Å². The van der Waals surface area contributed by atoms with Crippen LogP contribution < -0.4 is 16.0 Å². The zero-order valence-corrected chi connectivity index (χ0v) is 11.9. The standard InChI is InChI=1S/C12H24N4O3/c1-13-10(17)4-7-16(8-5-11(18)14-2)9-6-12(19)15-3/h4-9H2,1-3H3,(H,13,17)(H,14,18)(H,15,19). The predicted octanol–water partition coefficient (Wildman–Crippen LogP) is -1.30. The molecular formula is C12H24N4O3. The molecule has 3 amide bonds. The van der Waals surface area contributed by atoms with Gasteiger partial charge in [0.2, 0.25) is 17.7 Å². The first kappa shape index (κ1) is 17.4. The summed E-state index contributed by atoms with van der Waals surface area (Å²) in [7, 11) is 4.76. The molecule has 0 saturated heterocycles. The number of rotatable bonds is 9. The third-order valence-electron chi connectivity index (χ3n) is 2.80. The van der Waals surface area contributed by atoms with E-state index in [1.807, 2.05) is 4.90 Å². The molecular weight excluding hydrogens is 248 g/mol. The molecule has 7 nitrogen and oxygen atoms in total. The summed E-state index contributed by atoms with van der Waals surface area (Å²) in [5.74, 6) is -0.153. The summed E-state index contributed by atoms with van der Waals surface area (Å²) in [5, 5.41) is 7.64. The average molecular weight is 272 g/mol. The van der Waals surface area contributed by atoms with E-state index < -0.39 is 0 Å². The van der Waals surface area contributed by atoms with Crippen LogP contribution in [-0.2, 0) is 14.4 Å². The van der Waals surface area contributed by atoms with Gasteiger partial charge >= 0.3 is 0 Å². The second kappa shape index (κ2) is 10.3. The van der Waals surface area contributed by atoms with Crippen molar-refractivity contribution >= 4 is 17.7 Å². The fraction of sp³-hybridized carbons (Fsp3) is 0.750. The van der Waals surface area contributed by atoms with E-state index in [0.717, 1.165) is 0 Å². The second-order valence-corrected chi connectivity index (χ2v) is 4.11. The molecule has 0 radical (unpaired) electrons. The van der Waals surface area contributed by atoms with E-state index in [9.17, 15) is 14.4 Å². The van der Waals surface area contributed by atoms with Gasteiger partial charge in [0, 0.05) is 60.0 Å². The van der Waals surface area contributed by atoms with Crippen molar-refractivity contribution < 1.29 is 14.4 Å². The molecule has 3 N–H and O–H groups in total. The van der Waals surface area contributed by atoms with Gasteiger partial charge in [0.25, 0.3) is 0 Å². The van der Waals surface area contributed by atoms with Crippen molar-refractivity contribution in [1.82, 2.24) is 20.9 Å². The molecule has 0 bridgehead atoms. The number of carbonyl (C=O) groups excluding carboxylic acids is 3. The van der Waals surface area contributed by atoms with Crippen LogP contribution in [0.3, 0.4) is 0 Å². The van der Waals surface area contributed by atoms with Crippen molar-refractivity contribution in [2.75, 3.05) is 40.8 Å². The first-order chi connectivity index (χ1) is 9.03. The molecule has 0 atom stereocenters. The maximum atomic E-state index is 11.2. The highest BCUT2D eigenvalue weighted by atomic mass is 16.2. The van der Waals surface area contributed by atoms with Crippen LogP contribution in [0.5, 0.6) is 0 Å². The lowest BCUT2D eigenvalue weighted by Gasteiger charge is -2.21. The van der Waals surface area contributed by atoms with Gasteiger partial charge in [-0.3, -0.25) is 14.4 Å². The lowest BCUT2D eigenvalue weighted by atomic mass is 10.2. The Morgan fingerprint density at radius 1 is 0.684 bits per heavy atom. The molecule has 0 heterocycles. The Labute approximate surface area is 114 Å². The van der Waals surface area contributed by atoms with Crippen molar-refractivity contribution in [2.45, 2.75) is 19.3 Å². The number of hydrogen-bond donors (Lipinski definition) is 3. The van der Waals surface area contributed by atoms with Crippen LogP contribution in [0.1, 0.15) is 19.3 Å². The maximum absolute atomic E-state index is 11.2. The molecule has 0 fully saturated rings. The van der Waals surface area contributed by atoms with Gasteiger partial charge < -0.3 is 20.9 Å². The highest BCUT2D eigenvalue weighted by Gasteiger charge is 2.11. The normalized spacial score (nSPS) is 10.1. The molecule has 0 aromatic rings. The maximum Gasteiger partial charge on any atom is 0.221 e. The first-order valence-corrected chi connectivity index (χ1v) is 6.37. The van der Waals surface area contributed by atoms with Gasteiger partial charge in [-0.1, -0.05) is 0 Å². The molecule has 0 aromatic heterocycles. The van der Waals surface area contributed by atoms with Crippen molar-refractivity contribution in [3.63, 3.8) is 0 Å². The summed E-state index contributed by atoms with van der Waals surface area (Å²) in [6.07, 6.45) is 1.08. The summed E-state index contributed by atoms with van der Waals surface area (Å²) in [5.41, 5.74) is 0. The Kier molecular flexibility index (Phi) is 9.42. The zero-order chi connectivity index (χ0) is 14.7. The smallest absolute Gasteiger partial charge is 0.221 e.